The average Bonchev–Trinajstić information content (AvgIpc) is 2.59. The molecule has 2 aromatic rings. The molecule has 4 heteroatoms. The van der Waals surface area contributed by atoms with Gasteiger partial charge in [0.2, 0.25) is 0 Å². The van der Waals surface area contributed by atoms with E-state index in [9.17, 15) is 4.79 Å². The molecule has 0 saturated heterocycles. The third-order valence-electron chi connectivity index (χ3n) is 2.23. The lowest BCUT2D eigenvalue weighted by molar-refractivity contribution is 0.111. The van der Waals surface area contributed by atoms with Crippen molar-refractivity contribution in [1.29, 1.82) is 0 Å². The van der Waals surface area contributed by atoms with E-state index in [0.29, 0.717) is 5.69 Å². The fraction of sp³-hybridized carbons (Fsp3) is 0.0909. The maximum absolute atomic E-state index is 10.9. The van der Waals surface area contributed by atoms with E-state index in [0.717, 1.165) is 21.9 Å². The Morgan fingerprint density at radius 2 is 2.27 bits per heavy atom. The summed E-state index contributed by atoms with van der Waals surface area (Å²) in [5.74, 6) is 0. The van der Waals surface area contributed by atoms with Crippen LogP contribution in [0.25, 0.3) is 11.1 Å². The molecule has 0 fully saturated rings. The largest absolute Gasteiger partial charge is 0.296 e. The normalized spacial score (nSPS) is 10.3. The molecule has 15 heavy (non-hydrogen) atoms. The Labute approximate surface area is 95.9 Å². The third kappa shape index (κ3) is 1.85. The van der Waals surface area contributed by atoms with E-state index in [1.54, 1.807) is 17.9 Å². The predicted molar refractivity (Wildman–Crippen MR) is 61.7 cm³/mol. The zero-order valence-corrected chi connectivity index (χ0v) is 9.73. The van der Waals surface area contributed by atoms with Crippen LogP contribution in [0.1, 0.15) is 10.5 Å². The number of benzene rings is 1. The minimum Gasteiger partial charge on any atom is -0.296 e. The summed E-state index contributed by atoms with van der Waals surface area (Å²) in [6, 6.07) is 7.79. The van der Waals surface area contributed by atoms with Crippen molar-refractivity contribution in [1.82, 2.24) is 9.78 Å². The third-order valence-corrected chi connectivity index (χ3v) is 2.73. The highest BCUT2D eigenvalue weighted by molar-refractivity contribution is 9.10. The maximum atomic E-state index is 10.9. The molecule has 0 radical (unpaired) electrons. The number of carbonyl (C=O) groups excluding carboxylic acids is 1. The number of hydrogen-bond acceptors (Lipinski definition) is 2. The van der Waals surface area contributed by atoms with Crippen molar-refractivity contribution >= 4 is 22.2 Å². The van der Waals surface area contributed by atoms with Crippen LogP contribution in [-0.4, -0.2) is 16.1 Å². The van der Waals surface area contributed by atoms with E-state index in [1.807, 2.05) is 24.3 Å². The zero-order valence-electron chi connectivity index (χ0n) is 8.14. The summed E-state index contributed by atoms with van der Waals surface area (Å²) in [5.41, 5.74) is 2.43. The Hall–Kier alpha value is -1.42. The first-order valence-electron chi connectivity index (χ1n) is 4.45. The molecule has 1 aromatic heterocycles. The number of carbonyl (C=O) groups is 1. The number of aromatic nitrogens is 2. The van der Waals surface area contributed by atoms with Gasteiger partial charge in [-0.25, -0.2) is 0 Å². The zero-order chi connectivity index (χ0) is 10.8. The van der Waals surface area contributed by atoms with Gasteiger partial charge in [-0.15, -0.1) is 0 Å². The Kier molecular flexibility index (Phi) is 2.68. The molecular formula is C11H9BrN2O. The molecule has 0 spiro atoms. The predicted octanol–water partition coefficient (Wildman–Crippen LogP) is 2.66. The first kappa shape index (κ1) is 10.1. The van der Waals surface area contributed by atoms with Gasteiger partial charge in [0.1, 0.15) is 5.69 Å². The Bertz CT molecular complexity index is 505. The highest BCUT2D eigenvalue weighted by atomic mass is 79.9. The highest BCUT2D eigenvalue weighted by Gasteiger charge is 2.09. The van der Waals surface area contributed by atoms with E-state index >= 15 is 0 Å². The Morgan fingerprint density at radius 1 is 1.47 bits per heavy atom. The van der Waals surface area contributed by atoms with Gasteiger partial charge in [-0.3, -0.25) is 9.48 Å². The SMILES string of the molecule is Cn1ncc(-c2cccc(Br)c2)c1C=O. The fourth-order valence-corrected chi connectivity index (χ4v) is 1.86. The molecule has 0 aliphatic heterocycles. The first-order chi connectivity index (χ1) is 7.22. The van der Waals surface area contributed by atoms with Gasteiger partial charge in [-0.2, -0.15) is 5.10 Å². The molecule has 0 amide bonds. The van der Waals surface area contributed by atoms with Crippen LogP contribution in [0.4, 0.5) is 0 Å². The van der Waals surface area contributed by atoms with Crippen molar-refractivity contribution in [2.24, 2.45) is 7.05 Å². The second-order valence-electron chi connectivity index (χ2n) is 3.20. The molecule has 1 aromatic carbocycles. The number of aryl methyl sites for hydroxylation is 1. The van der Waals surface area contributed by atoms with Crippen LogP contribution in [0.3, 0.4) is 0 Å². The molecule has 0 unspecified atom stereocenters. The van der Waals surface area contributed by atoms with Crippen LogP contribution in [-0.2, 0) is 7.05 Å². The van der Waals surface area contributed by atoms with E-state index in [-0.39, 0.29) is 0 Å². The minimum absolute atomic E-state index is 0.591. The van der Waals surface area contributed by atoms with Crippen LogP contribution in [0.2, 0.25) is 0 Å². The summed E-state index contributed by atoms with van der Waals surface area (Å²) >= 11 is 3.40. The van der Waals surface area contributed by atoms with Crippen molar-refractivity contribution < 1.29 is 4.79 Å². The van der Waals surface area contributed by atoms with E-state index < -0.39 is 0 Å². The van der Waals surface area contributed by atoms with E-state index in [4.69, 9.17) is 0 Å². The molecule has 2 rings (SSSR count). The van der Waals surface area contributed by atoms with Crippen LogP contribution >= 0.6 is 15.9 Å². The van der Waals surface area contributed by atoms with Crippen LogP contribution < -0.4 is 0 Å². The lowest BCUT2D eigenvalue weighted by Gasteiger charge is -2.00. The molecule has 1 heterocycles. The minimum atomic E-state index is 0.591. The molecule has 3 nitrogen and oxygen atoms in total. The number of halogens is 1. The van der Waals surface area contributed by atoms with Gasteiger partial charge < -0.3 is 0 Å². The van der Waals surface area contributed by atoms with Gasteiger partial charge in [-0.05, 0) is 17.7 Å². The molecular weight excluding hydrogens is 256 g/mol. The van der Waals surface area contributed by atoms with Crippen molar-refractivity contribution in [2.75, 3.05) is 0 Å². The van der Waals surface area contributed by atoms with E-state index in [1.165, 1.54) is 0 Å². The van der Waals surface area contributed by atoms with Gasteiger partial charge >= 0.3 is 0 Å². The maximum Gasteiger partial charge on any atom is 0.168 e. The van der Waals surface area contributed by atoms with Gasteiger partial charge in [0.15, 0.2) is 6.29 Å². The monoisotopic (exact) mass is 264 g/mol. The van der Waals surface area contributed by atoms with Crippen molar-refractivity contribution in [3.8, 4) is 11.1 Å². The molecule has 0 saturated carbocycles. The molecule has 0 aliphatic rings. The Morgan fingerprint density at radius 3 is 2.93 bits per heavy atom. The Balaban J connectivity index is 2.58. The highest BCUT2D eigenvalue weighted by Crippen LogP contribution is 2.24. The number of rotatable bonds is 2. The average molecular weight is 265 g/mol. The van der Waals surface area contributed by atoms with Gasteiger partial charge in [-0.1, -0.05) is 28.1 Å². The van der Waals surface area contributed by atoms with Crippen LogP contribution in [0.5, 0.6) is 0 Å². The second kappa shape index (κ2) is 3.98. The molecule has 76 valence electrons. The lowest BCUT2D eigenvalue weighted by Crippen LogP contribution is -1.96. The topological polar surface area (TPSA) is 34.9 Å². The van der Waals surface area contributed by atoms with Crippen molar-refractivity contribution in [2.45, 2.75) is 0 Å². The van der Waals surface area contributed by atoms with Crippen LogP contribution in [0, 0.1) is 0 Å². The summed E-state index contributed by atoms with van der Waals surface area (Å²) in [4.78, 5) is 10.9. The lowest BCUT2D eigenvalue weighted by atomic mass is 10.1. The molecule has 0 atom stereocenters. The summed E-state index contributed by atoms with van der Waals surface area (Å²) < 4.78 is 2.56. The molecule has 0 aliphatic carbocycles. The number of hydrogen-bond donors (Lipinski definition) is 0. The summed E-state index contributed by atoms with van der Waals surface area (Å²) in [6.07, 6.45) is 2.52. The summed E-state index contributed by atoms with van der Waals surface area (Å²) in [6.45, 7) is 0. The quantitative estimate of drug-likeness (QED) is 0.782. The summed E-state index contributed by atoms with van der Waals surface area (Å²) in [5, 5.41) is 4.06. The molecule has 0 bridgehead atoms. The van der Waals surface area contributed by atoms with Crippen molar-refractivity contribution in [3.05, 3.63) is 40.6 Å². The van der Waals surface area contributed by atoms with Gasteiger partial charge in [0.25, 0.3) is 0 Å². The standard InChI is InChI=1S/C11H9BrN2O/c1-14-11(7-15)10(6-13-14)8-3-2-4-9(12)5-8/h2-7H,1H3. The molecule has 0 N–H and O–H groups in total. The second-order valence-corrected chi connectivity index (χ2v) is 4.11. The fourth-order valence-electron chi connectivity index (χ4n) is 1.47. The number of aldehydes is 1. The van der Waals surface area contributed by atoms with Crippen LogP contribution in [0.15, 0.2) is 34.9 Å². The van der Waals surface area contributed by atoms with Gasteiger partial charge in [0.05, 0.1) is 6.20 Å². The first-order valence-corrected chi connectivity index (χ1v) is 5.25. The van der Waals surface area contributed by atoms with Crippen molar-refractivity contribution in [3.63, 3.8) is 0 Å². The summed E-state index contributed by atoms with van der Waals surface area (Å²) in [7, 11) is 1.76. The number of nitrogens with zero attached hydrogens (tertiary/aromatic N) is 2. The van der Waals surface area contributed by atoms with Gasteiger partial charge in [0, 0.05) is 17.1 Å². The van der Waals surface area contributed by atoms with E-state index in [2.05, 4.69) is 21.0 Å². The smallest absolute Gasteiger partial charge is 0.168 e.